The number of benzene rings is 1. The number of rotatable bonds is 5. The lowest BCUT2D eigenvalue weighted by atomic mass is 10.1. The van der Waals surface area contributed by atoms with Crippen LogP contribution in [0.25, 0.3) is 0 Å². The van der Waals surface area contributed by atoms with Gasteiger partial charge in [-0.3, -0.25) is 0 Å². The molecule has 0 saturated carbocycles. The first-order valence-corrected chi connectivity index (χ1v) is 7.98. The highest BCUT2D eigenvalue weighted by Gasteiger charge is 2.22. The van der Waals surface area contributed by atoms with Crippen LogP contribution in [0, 0.1) is 0 Å². The summed E-state index contributed by atoms with van der Waals surface area (Å²) in [6.45, 7) is 3.75. The first kappa shape index (κ1) is 14.5. The number of sulfonamides is 1. The summed E-state index contributed by atoms with van der Waals surface area (Å²) < 4.78 is 27.7. The highest BCUT2D eigenvalue weighted by Crippen LogP contribution is 2.13. The van der Waals surface area contributed by atoms with E-state index in [-0.39, 0.29) is 11.0 Å². The van der Waals surface area contributed by atoms with Crippen molar-refractivity contribution >= 4 is 10.0 Å². The second-order valence-electron chi connectivity index (χ2n) is 4.86. The van der Waals surface area contributed by atoms with E-state index in [4.69, 9.17) is 9.88 Å². The monoisotopic (exact) mass is 284 g/mol. The van der Waals surface area contributed by atoms with Crippen LogP contribution < -0.4 is 10.5 Å². The van der Waals surface area contributed by atoms with Gasteiger partial charge in [-0.25, -0.2) is 13.6 Å². The molecule has 1 saturated heterocycles. The fourth-order valence-electron chi connectivity index (χ4n) is 2.25. The second kappa shape index (κ2) is 6.00. The summed E-state index contributed by atoms with van der Waals surface area (Å²) in [6.07, 6.45) is 2.17. The molecule has 1 aliphatic heterocycles. The van der Waals surface area contributed by atoms with E-state index in [1.165, 1.54) is 0 Å². The molecular weight excluding hydrogens is 264 g/mol. The molecule has 1 aromatic rings. The first-order chi connectivity index (χ1) is 8.97. The third-order valence-electron chi connectivity index (χ3n) is 3.45. The van der Waals surface area contributed by atoms with Gasteiger partial charge in [0.1, 0.15) is 0 Å². The fraction of sp³-hybridized carbons (Fsp3) is 0.538. The minimum absolute atomic E-state index is 0.155. The Morgan fingerprint density at radius 1 is 1.37 bits per heavy atom. The Balaban J connectivity index is 1.83. The van der Waals surface area contributed by atoms with Gasteiger partial charge in [0.25, 0.3) is 0 Å². The van der Waals surface area contributed by atoms with Crippen molar-refractivity contribution in [3.8, 4) is 0 Å². The van der Waals surface area contributed by atoms with Gasteiger partial charge in [0.2, 0.25) is 10.0 Å². The molecule has 1 aliphatic rings. The van der Waals surface area contributed by atoms with Gasteiger partial charge < -0.3 is 10.1 Å². The van der Waals surface area contributed by atoms with Gasteiger partial charge in [-0.05, 0) is 44.0 Å². The number of primary sulfonamides is 1. The van der Waals surface area contributed by atoms with Gasteiger partial charge in [-0.2, -0.15) is 0 Å². The van der Waals surface area contributed by atoms with Crippen molar-refractivity contribution < 1.29 is 13.2 Å². The van der Waals surface area contributed by atoms with E-state index in [9.17, 15) is 8.42 Å². The molecule has 5 nitrogen and oxygen atoms in total. The highest BCUT2D eigenvalue weighted by atomic mass is 32.2. The standard InChI is InChI=1S/C13H20N2O3S/c1-10-13(7-9-18-10)15-8-6-11-2-4-12(5-3-11)19(14,16)17/h2-5,10,13,15H,6-9H2,1H3,(H2,14,16,17). The van der Waals surface area contributed by atoms with Crippen LogP contribution in [0.4, 0.5) is 0 Å². The lowest BCUT2D eigenvalue weighted by Gasteiger charge is -2.15. The molecule has 106 valence electrons. The van der Waals surface area contributed by atoms with Crippen LogP contribution in [-0.2, 0) is 21.2 Å². The molecule has 1 aromatic carbocycles. The number of hydrogen-bond donors (Lipinski definition) is 2. The molecule has 3 N–H and O–H groups in total. The number of nitrogens with two attached hydrogens (primary N) is 1. The third-order valence-corrected chi connectivity index (χ3v) is 4.38. The molecule has 0 bridgehead atoms. The lowest BCUT2D eigenvalue weighted by molar-refractivity contribution is 0.113. The van der Waals surface area contributed by atoms with Crippen molar-refractivity contribution in [2.24, 2.45) is 5.14 Å². The van der Waals surface area contributed by atoms with Crippen molar-refractivity contribution in [1.82, 2.24) is 5.32 Å². The van der Waals surface area contributed by atoms with Crippen LogP contribution in [0.5, 0.6) is 0 Å². The van der Waals surface area contributed by atoms with Gasteiger partial charge in [0.15, 0.2) is 0 Å². The van der Waals surface area contributed by atoms with E-state index >= 15 is 0 Å². The van der Waals surface area contributed by atoms with Crippen LogP contribution >= 0.6 is 0 Å². The van der Waals surface area contributed by atoms with Crippen molar-refractivity contribution in [3.05, 3.63) is 29.8 Å². The zero-order chi connectivity index (χ0) is 13.9. The van der Waals surface area contributed by atoms with Crippen LogP contribution in [-0.4, -0.2) is 33.7 Å². The van der Waals surface area contributed by atoms with E-state index in [1.54, 1.807) is 24.3 Å². The smallest absolute Gasteiger partial charge is 0.238 e. The predicted molar refractivity (Wildman–Crippen MR) is 73.3 cm³/mol. The summed E-state index contributed by atoms with van der Waals surface area (Å²) in [5, 5.41) is 8.51. The normalized spacial score (nSPS) is 23.7. The van der Waals surface area contributed by atoms with Gasteiger partial charge in [0, 0.05) is 12.6 Å². The Morgan fingerprint density at radius 3 is 2.58 bits per heavy atom. The average Bonchev–Trinajstić information content (AvgIpc) is 2.75. The van der Waals surface area contributed by atoms with Crippen molar-refractivity contribution in [2.45, 2.75) is 36.8 Å². The molecule has 1 heterocycles. The summed E-state index contributed by atoms with van der Waals surface area (Å²) >= 11 is 0. The molecular formula is C13H20N2O3S. The Hall–Kier alpha value is -0.950. The van der Waals surface area contributed by atoms with E-state index < -0.39 is 10.0 Å². The number of ether oxygens (including phenoxy) is 1. The minimum Gasteiger partial charge on any atom is -0.377 e. The Bertz CT molecular complexity index is 513. The number of hydrogen-bond acceptors (Lipinski definition) is 4. The first-order valence-electron chi connectivity index (χ1n) is 6.43. The zero-order valence-corrected chi connectivity index (χ0v) is 11.8. The maximum atomic E-state index is 11.1. The Kier molecular flexibility index (Phi) is 4.57. The largest absolute Gasteiger partial charge is 0.377 e. The molecule has 0 spiro atoms. The van der Waals surface area contributed by atoms with Gasteiger partial charge >= 0.3 is 0 Å². The van der Waals surface area contributed by atoms with E-state index in [0.717, 1.165) is 31.6 Å². The topological polar surface area (TPSA) is 81.4 Å². The van der Waals surface area contributed by atoms with E-state index in [2.05, 4.69) is 12.2 Å². The average molecular weight is 284 g/mol. The van der Waals surface area contributed by atoms with Crippen LogP contribution in [0.1, 0.15) is 18.9 Å². The molecule has 6 heteroatoms. The molecule has 2 unspecified atom stereocenters. The summed E-state index contributed by atoms with van der Waals surface area (Å²) in [6, 6.07) is 7.12. The van der Waals surface area contributed by atoms with Crippen molar-refractivity contribution in [1.29, 1.82) is 0 Å². The van der Waals surface area contributed by atoms with Crippen LogP contribution in [0.2, 0.25) is 0 Å². The molecule has 0 aromatic heterocycles. The van der Waals surface area contributed by atoms with E-state index in [1.807, 2.05) is 0 Å². The molecule has 19 heavy (non-hydrogen) atoms. The van der Waals surface area contributed by atoms with Crippen molar-refractivity contribution in [3.63, 3.8) is 0 Å². The van der Waals surface area contributed by atoms with Crippen LogP contribution in [0.3, 0.4) is 0 Å². The zero-order valence-electron chi connectivity index (χ0n) is 11.0. The lowest BCUT2D eigenvalue weighted by Crippen LogP contribution is -2.35. The third kappa shape index (κ3) is 4.01. The molecule has 0 radical (unpaired) electrons. The Morgan fingerprint density at radius 2 is 2.05 bits per heavy atom. The molecule has 2 atom stereocenters. The summed E-state index contributed by atoms with van der Waals surface area (Å²) in [7, 11) is -3.59. The SMILES string of the molecule is CC1OCCC1NCCc1ccc(S(N)(=O)=O)cc1. The summed E-state index contributed by atoms with van der Waals surface area (Å²) in [4.78, 5) is 0.155. The van der Waals surface area contributed by atoms with Gasteiger partial charge in [-0.15, -0.1) is 0 Å². The summed E-state index contributed by atoms with van der Waals surface area (Å²) in [5.74, 6) is 0. The Labute approximate surface area is 114 Å². The predicted octanol–water partition coefficient (Wildman–Crippen LogP) is 0.644. The van der Waals surface area contributed by atoms with Crippen LogP contribution in [0.15, 0.2) is 29.2 Å². The van der Waals surface area contributed by atoms with Crippen molar-refractivity contribution in [2.75, 3.05) is 13.2 Å². The molecule has 2 rings (SSSR count). The minimum atomic E-state index is -3.59. The maximum Gasteiger partial charge on any atom is 0.238 e. The maximum absolute atomic E-state index is 11.1. The molecule has 0 aliphatic carbocycles. The second-order valence-corrected chi connectivity index (χ2v) is 6.43. The quantitative estimate of drug-likeness (QED) is 0.831. The number of nitrogens with one attached hydrogen (secondary N) is 1. The van der Waals surface area contributed by atoms with E-state index in [0.29, 0.717) is 6.04 Å². The van der Waals surface area contributed by atoms with Gasteiger partial charge in [-0.1, -0.05) is 12.1 Å². The fourth-order valence-corrected chi connectivity index (χ4v) is 2.76. The molecule has 1 fully saturated rings. The summed E-state index contributed by atoms with van der Waals surface area (Å²) in [5.41, 5.74) is 1.09. The highest BCUT2D eigenvalue weighted by molar-refractivity contribution is 7.89. The molecule has 0 amide bonds. The van der Waals surface area contributed by atoms with Gasteiger partial charge in [0.05, 0.1) is 11.0 Å².